The minimum Gasteiger partial charge on any atom is -0.469 e. The summed E-state index contributed by atoms with van der Waals surface area (Å²) in [7, 11) is 1.33. The van der Waals surface area contributed by atoms with Gasteiger partial charge in [0.1, 0.15) is 5.56 Å². The summed E-state index contributed by atoms with van der Waals surface area (Å²) in [5.41, 5.74) is 3.38. The zero-order valence-corrected chi connectivity index (χ0v) is 16.4. The third kappa shape index (κ3) is 3.91. The molecule has 1 N–H and O–H groups in total. The van der Waals surface area contributed by atoms with E-state index in [1.165, 1.54) is 13.3 Å². The van der Waals surface area contributed by atoms with Crippen molar-refractivity contribution in [2.75, 3.05) is 7.11 Å². The fraction of sp³-hybridized carbons (Fsp3) is 0.130. The molecule has 2 aromatic carbocycles. The zero-order chi connectivity index (χ0) is 20.9. The maximum absolute atomic E-state index is 13.1. The Morgan fingerprint density at radius 1 is 1.03 bits per heavy atom. The highest BCUT2D eigenvalue weighted by molar-refractivity contribution is 6.00. The highest BCUT2D eigenvalue weighted by atomic mass is 16.5. The van der Waals surface area contributed by atoms with Gasteiger partial charge in [-0.05, 0) is 11.6 Å². The number of methoxy groups -OCH3 is 1. The van der Waals surface area contributed by atoms with Crippen molar-refractivity contribution in [3.8, 4) is 11.3 Å². The summed E-state index contributed by atoms with van der Waals surface area (Å²) in [6.07, 6.45) is 3.16. The summed E-state index contributed by atoms with van der Waals surface area (Å²) in [6.45, 7) is 0. The average molecular weight is 400 g/mol. The van der Waals surface area contributed by atoms with E-state index in [1.54, 1.807) is 10.7 Å². The van der Waals surface area contributed by atoms with Crippen LogP contribution in [0.4, 0.5) is 0 Å². The van der Waals surface area contributed by atoms with E-state index in [-0.39, 0.29) is 12.3 Å². The molecule has 2 aromatic heterocycles. The lowest BCUT2D eigenvalue weighted by atomic mass is 10.0. The number of aromatic nitrogens is 3. The third-order valence-corrected chi connectivity index (χ3v) is 4.82. The Bertz CT molecular complexity index is 1170. The zero-order valence-electron chi connectivity index (χ0n) is 16.4. The molecule has 2 heterocycles. The summed E-state index contributed by atoms with van der Waals surface area (Å²) in [5, 5.41) is 7.29. The Hall–Kier alpha value is -4.00. The lowest BCUT2D eigenvalue weighted by Crippen LogP contribution is -2.30. The second-order valence-electron chi connectivity index (χ2n) is 6.71. The van der Waals surface area contributed by atoms with Crippen LogP contribution in [0.1, 0.15) is 28.4 Å². The van der Waals surface area contributed by atoms with Crippen LogP contribution in [0.5, 0.6) is 0 Å². The van der Waals surface area contributed by atoms with Gasteiger partial charge in [-0.25, -0.2) is 9.50 Å². The Morgan fingerprint density at radius 3 is 2.43 bits per heavy atom. The fourth-order valence-electron chi connectivity index (χ4n) is 3.30. The first-order valence-electron chi connectivity index (χ1n) is 9.48. The van der Waals surface area contributed by atoms with Gasteiger partial charge in [-0.2, -0.15) is 5.10 Å². The molecule has 30 heavy (non-hydrogen) atoms. The molecular formula is C23H20N4O3. The molecule has 1 atom stereocenters. The lowest BCUT2D eigenvalue weighted by Gasteiger charge is -2.18. The van der Waals surface area contributed by atoms with Crippen LogP contribution in [0, 0.1) is 0 Å². The summed E-state index contributed by atoms with van der Waals surface area (Å²) >= 11 is 0. The second kappa shape index (κ2) is 8.57. The minimum absolute atomic E-state index is 0.0220. The highest BCUT2D eigenvalue weighted by Crippen LogP contribution is 2.22. The topological polar surface area (TPSA) is 85.6 Å². The largest absolute Gasteiger partial charge is 0.469 e. The van der Waals surface area contributed by atoms with Crippen molar-refractivity contribution in [2.45, 2.75) is 12.5 Å². The summed E-state index contributed by atoms with van der Waals surface area (Å²) in [5.74, 6) is -0.769. The summed E-state index contributed by atoms with van der Waals surface area (Å²) in [4.78, 5) is 29.3. The molecule has 0 saturated carbocycles. The SMILES string of the molecule is COC(=O)C[C@@H](NC(=O)c1cnn2c(-c3ccccc3)ccnc12)c1ccccc1. The van der Waals surface area contributed by atoms with Crippen LogP contribution in [0.3, 0.4) is 0 Å². The Morgan fingerprint density at radius 2 is 1.73 bits per heavy atom. The van der Waals surface area contributed by atoms with E-state index in [9.17, 15) is 9.59 Å². The van der Waals surface area contributed by atoms with E-state index < -0.39 is 12.0 Å². The molecule has 1 amide bonds. The van der Waals surface area contributed by atoms with E-state index in [0.717, 1.165) is 16.8 Å². The lowest BCUT2D eigenvalue weighted by molar-refractivity contribution is -0.141. The van der Waals surface area contributed by atoms with Crippen molar-refractivity contribution in [2.24, 2.45) is 0 Å². The standard InChI is InChI=1S/C23H20N4O3/c1-30-21(28)14-19(16-8-4-2-5-9-16)26-23(29)18-15-25-27-20(12-13-24-22(18)27)17-10-6-3-7-11-17/h2-13,15,19H,14H2,1H3,(H,26,29)/t19-/m1/s1. The van der Waals surface area contributed by atoms with Crippen molar-refractivity contribution < 1.29 is 14.3 Å². The van der Waals surface area contributed by atoms with Crippen molar-refractivity contribution in [3.63, 3.8) is 0 Å². The number of ether oxygens (including phenoxy) is 1. The van der Waals surface area contributed by atoms with Crippen LogP contribution < -0.4 is 5.32 Å². The molecule has 4 aromatic rings. The molecule has 0 spiro atoms. The number of nitrogens with zero attached hydrogens (tertiary/aromatic N) is 3. The number of rotatable bonds is 6. The Balaban J connectivity index is 1.66. The normalized spacial score (nSPS) is 11.8. The van der Waals surface area contributed by atoms with E-state index in [2.05, 4.69) is 15.4 Å². The number of fused-ring (bicyclic) bond motifs is 1. The van der Waals surface area contributed by atoms with Gasteiger partial charge < -0.3 is 10.1 Å². The smallest absolute Gasteiger partial charge is 0.307 e. The molecule has 0 saturated heterocycles. The quantitative estimate of drug-likeness (QED) is 0.501. The molecule has 4 rings (SSSR count). The van der Waals surface area contributed by atoms with Gasteiger partial charge >= 0.3 is 5.97 Å². The number of carbonyl (C=O) groups is 2. The van der Waals surface area contributed by atoms with E-state index in [1.807, 2.05) is 66.7 Å². The maximum atomic E-state index is 13.1. The molecule has 0 aliphatic heterocycles. The van der Waals surface area contributed by atoms with Gasteiger partial charge in [0, 0.05) is 11.8 Å². The van der Waals surface area contributed by atoms with Gasteiger partial charge in [-0.3, -0.25) is 9.59 Å². The van der Waals surface area contributed by atoms with Crippen molar-refractivity contribution in [1.82, 2.24) is 19.9 Å². The van der Waals surface area contributed by atoms with Gasteiger partial charge in [-0.1, -0.05) is 60.7 Å². The number of esters is 1. The van der Waals surface area contributed by atoms with Crippen LogP contribution in [-0.4, -0.2) is 33.6 Å². The maximum Gasteiger partial charge on any atom is 0.307 e. The first-order chi connectivity index (χ1) is 14.7. The first kappa shape index (κ1) is 19.3. The summed E-state index contributed by atoms with van der Waals surface area (Å²) in [6, 6.07) is 20.4. The van der Waals surface area contributed by atoms with Crippen molar-refractivity contribution in [3.05, 3.63) is 90.3 Å². The number of hydrogen-bond acceptors (Lipinski definition) is 5. The molecule has 0 aliphatic carbocycles. The number of benzene rings is 2. The van der Waals surface area contributed by atoms with Crippen LogP contribution in [0.15, 0.2) is 79.1 Å². The number of carbonyl (C=O) groups excluding carboxylic acids is 2. The fourth-order valence-corrected chi connectivity index (χ4v) is 3.30. The van der Waals surface area contributed by atoms with Gasteiger partial charge in [-0.15, -0.1) is 0 Å². The minimum atomic E-state index is -0.529. The van der Waals surface area contributed by atoms with Crippen LogP contribution in [0.25, 0.3) is 16.9 Å². The van der Waals surface area contributed by atoms with Gasteiger partial charge in [0.2, 0.25) is 0 Å². The monoisotopic (exact) mass is 400 g/mol. The average Bonchev–Trinajstić information content (AvgIpc) is 3.24. The molecule has 0 aliphatic rings. The van der Waals surface area contributed by atoms with Crippen molar-refractivity contribution in [1.29, 1.82) is 0 Å². The predicted molar refractivity (Wildman–Crippen MR) is 112 cm³/mol. The second-order valence-corrected chi connectivity index (χ2v) is 6.71. The van der Waals surface area contributed by atoms with Crippen molar-refractivity contribution >= 4 is 17.5 Å². The molecule has 7 nitrogen and oxygen atoms in total. The van der Waals surface area contributed by atoms with Crippen LogP contribution >= 0.6 is 0 Å². The molecule has 0 fully saturated rings. The molecule has 7 heteroatoms. The van der Waals surface area contributed by atoms with Gasteiger partial charge in [0.25, 0.3) is 5.91 Å². The molecule has 0 bridgehead atoms. The van der Waals surface area contributed by atoms with E-state index >= 15 is 0 Å². The highest BCUT2D eigenvalue weighted by Gasteiger charge is 2.22. The molecule has 0 unspecified atom stereocenters. The number of amides is 1. The molecule has 0 radical (unpaired) electrons. The van der Waals surface area contributed by atoms with Crippen LogP contribution in [-0.2, 0) is 9.53 Å². The predicted octanol–water partition coefficient (Wildman–Crippen LogP) is 3.43. The molecular weight excluding hydrogens is 380 g/mol. The Labute approximate surface area is 173 Å². The summed E-state index contributed by atoms with van der Waals surface area (Å²) < 4.78 is 6.43. The van der Waals surface area contributed by atoms with Crippen LogP contribution in [0.2, 0.25) is 0 Å². The molecule has 150 valence electrons. The van der Waals surface area contributed by atoms with E-state index in [4.69, 9.17) is 4.74 Å². The number of hydrogen-bond donors (Lipinski definition) is 1. The number of nitrogens with one attached hydrogen (secondary N) is 1. The van der Waals surface area contributed by atoms with Gasteiger partial charge in [0.15, 0.2) is 5.65 Å². The third-order valence-electron chi connectivity index (χ3n) is 4.82. The van der Waals surface area contributed by atoms with E-state index in [0.29, 0.717) is 11.2 Å². The van der Waals surface area contributed by atoms with Gasteiger partial charge in [0.05, 0.1) is 31.5 Å². The first-order valence-corrected chi connectivity index (χ1v) is 9.48. The Kier molecular flexibility index (Phi) is 5.52.